The second-order valence-electron chi connectivity index (χ2n) is 4.67. The van der Waals surface area contributed by atoms with Crippen molar-refractivity contribution in [3.63, 3.8) is 0 Å². The molecule has 4 heteroatoms. The van der Waals surface area contributed by atoms with Crippen LogP contribution in [-0.4, -0.2) is 12.1 Å². The van der Waals surface area contributed by atoms with Gasteiger partial charge in [0.1, 0.15) is 0 Å². The van der Waals surface area contributed by atoms with Gasteiger partial charge in [-0.25, -0.2) is 4.79 Å². The lowest BCUT2D eigenvalue weighted by atomic mass is 10.0. The molecule has 2 unspecified atom stereocenters. The minimum atomic E-state index is -0.164. The van der Waals surface area contributed by atoms with Crippen LogP contribution in [-0.2, 0) is 6.54 Å². The van der Waals surface area contributed by atoms with Crippen molar-refractivity contribution in [2.24, 2.45) is 11.7 Å². The van der Waals surface area contributed by atoms with Crippen molar-refractivity contribution in [3.8, 4) is 0 Å². The third kappa shape index (κ3) is 4.37. The van der Waals surface area contributed by atoms with E-state index in [0.29, 0.717) is 12.5 Å². The van der Waals surface area contributed by atoms with Gasteiger partial charge in [-0.3, -0.25) is 0 Å². The van der Waals surface area contributed by atoms with Gasteiger partial charge >= 0.3 is 6.03 Å². The largest absolute Gasteiger partial charge is 0.335 e. The third-order valence-corrected chi connectivity index (χ3v) is 3.30. The fraction of sp³-hybridized carbons (Fsp3) is 0.500. The Morgan fingerprint density at radius 1 is 1.28 bits per heavy atom. The number of carbonyl (C=O) groups is 1. The van der Waals surface area contributed by atoms with Gasteiger partial charge in [0.25, 0.3) is 0 Å². The summed E-state index contributed by atoms with van der Waals surface area (Å²) in [5.41, 5.74) is 7.34. The molecule has 0 aliphatic rings. The SMILES string of the molecule is CCC(C)C(C)NC(=O)Nc1ccc(CN)cc1. The monoisotopic (exact) mass is 249 g/mol. The van der Waals surface area contributed by atoms with E-state index >= 15 is 0 Å². The second kappa shape index (κ2) is 7.01. The standard InChI is InChI=1S/C14H23N3O/c1-4-10(2)11(3)16-14(18)17-13-7-5-12(9-15)6-8-13/h5-8,10-11H,4,9,15H2,1-3H3,(H2,16,17,18). The summed E-state index contributed by atoms with van der Waals surface area (Å²) in [6, 6.07) is 7.54. The first-order chi connectivity index (χ1) is 8.56. The van der Waals surface area contributed by atoms with Crippen LogP contribution in [0.25, 0.3) is 0 Å². The number of nitrogens with one attached hydrogen (secondary N) is 2. The third-order valence-electron chi connectivity index (χ3n) is 3.30. The molecule has 0 fully saturated rings. The van der Waals surface area contributed by atoms with E-state index in [4.69, 9.17) is 5.73 Å². The molecular weight excluding hydrogens is 226 g/mol. The summed E-state index contributed by atoms with van der Waals surface area (Å²) < 4.78 is 0. The predicted molar refractivity (Wildman–Crippen MR) is 75.4 cm³/mol. The first-order valence-electron chi connectivity index (χ1n) is 6.43. The summed E-state index contributed by atoms with van der Waals surface area (Å²) >= 11 is 0. The minimum Gasteiger partial charge on any atom is -0.335 e. The van der Waals surface area contributed by atoms with Crippen LogP contribution in [0.1, 0.15) is 32.8 Å². The Morgan fingerprint density at radius 2 is 1.89 bits per heavy atom. The molecule has 1 aromatic carbocycles. The van der Waals surface area contributed by atoms with Gasteiger partial charge in [0, 0.05) is 18.3 Å². The first-order valence-corrected chi connectivity index (χ1v) is 6.43. The van der Waals surface area contributed by atoms with Crippen LogP contribution < -0.4 is 16.4 Å². The number of rotatable bonds is 5. The Morgan fingerprint density at radius 3 is 2.39 bits per heavy atom. The number of hydrogen-bond acceptors (Lipinski definition) is 2. The number of nitrogens with two attached hydrogens (primary N) is 1. The van der Waals surface area contributed by atoms with Gasteiger partial charge in [-0.15, -0.1) is 0 Å². The van der Waals surface area contributed by atoms with E-state index in [9.17, 15) is 4.79 Å². The Hall–Kier alpha value is -1.55. The molecule has 0 bridgehead atoms. The number of carbonyl (C=O) groups excluding carboxylic acids is 1. The number of anilines is 1. The zero-order valence-corrected chi connectivity index (χ0v) is 11.4. The highest BCUT2D eigenvalue weighted by atomic mass is 16.2. The molecule has 100 valence electrons. The topological polar surface area (TPSA) is 67.2 Å². The highest BCUT2D eigenvalue weighted by Gasteiger charge is 2.12. The highest BCUT2D eigenvalue weighted by Crippen LogP contribution is 2.10. The fourth-order valence-electron chi connectivity index (χ4n) is 1.59. The minimum absolute atomic E-state index is 0.164. The van der Waals surface area contributed by atoms with Crippen molar-refractivity contribution in [3.05, 3.63) is 29.8 Å². The van der Waals surface area contributed by atoms with Crippen LogP contribution in [0.2, 0.25) is 0 Å². The van der Waals surface area contributed by atoms with Crippen LogP contribution in [0.4, 0.5) is 10.5 Å². The molecule has 0 radical (unpaired) electrons. The van der Waals surface area contributed by atoms with Crippen molar-refractivity contribution in [1.82, 2.24) is 5.32 Å². The molecule has 0 heterocycles. The molecular formula is C14H23N3O. The molecule has 0 saturated carbocycles. The Bertz CT molecular complexity index is 375. The first kappa shape index (κ1) is 14.5. The van der Waals surface area contributed by atoms with Gasteiger partial charge in [0.15, 0.2) is 0 Å². The Kier molecular flexibility index (Phi) is 5.65. The molecule has 0 aromatic heterocycles. The fourth-order valence-corrected chi connectivity index (χ4v) is 1.59. The molecule has 0 aliphatic heterocycles. The van der Waals surface area contributed by atoms with Crippen molar-refractivity contribution >= 4 is 11.7 Å². The number of urea groups is 1. The van der Waals surface area contributed by atoms with Gasteiger partial charge in [0.2, 0.25) is 0 Å². The van der Waals surface area contributed by atoms with E-state index in [0.717, 1.165) is 17.7 Å². The van der Waals surface area contributed by atoms with Gasteiger partial charge in [-0.1, -0.05) is 32.4 Å². The molecule has 4 N–H and O–H groups in total. The Balaban J connectivity index is 2.48. The average Bonchev–Trinajstić information content (AvgIpc) is 2.38. The lowest BCUT2D eigenvalue weighted by Gasteiger charge is -2.20. The molecule has 2 atom stereocenters. The van der Waals surface area contributed by atoms with E-state index in [1.807, 2.05) is 31.2 Å². The van der Waals surface area contributed by atoms with E-state index in [-0.39, 0.29) is 12.1 Å². The maximum absolute atomic E-state index is 11.8. The van der Waals surface area contributed by atoms with Crippen LogP contribution in [0.5, 0.6) is 0 Å². The van der Waals surface area contributed by atoms with Crippen LogP contribution in [0.3, 0.4) is 0 Å². The normalized spacial score (nSPS) is 13.8. The van der Waals surface area contributed by atoms with E-state index in [1.165, 1.54) is 0 Å². The lowest BCUT2D eigenvalue weighted by molar-refractivity contribution is 0.244. The number of benzene rings is 1. The lowest BCUT2D eigenvalue weighted by Crippen LogP contribution is -2.39. The van der Waals surface area contributed by atoms with Gasteiger partial charge < -0.3 is 16.4 Å². The maximum Gasteiger partial charge on any atom is 0.319 e. The number of amides is 2. The molecule has 4 nitrogen and oxygen atoms in total. The molecule has 2 amide bonds. The van der Waals surface area contributed by atoms with E-state index in [1.54, 1.807) is 0 Å². The zero-order valence-electron chi connectivity index (χ0n) is 11.4. The van der Waals surface area contributed by atoms with Gasteiger partial charge in [-0.05, 0) is 30.5 Å². The van der Waals surface area contributed by atoms with Crippen molar-refractivity contribution in [2.75, 3.05) is 5.32 Å². The zero-order chi connectivity index (χ0) is 13.5. The van der Waals surface area contributed by atoms with E-state index in [2.05, 4.69) is 24.5 Å². The van der Waals surface area contributed by atoms with Crippen molar-refractivity contribution in [2.45, 2.75) is 39.8 Å². The molecule has 1 aromatic rings. The summed E-state index contributed by atoms with van der Waals surface area (Å²) in [4.78, 5) is 11.8. The maximum atomic E-state index is 11.8. The summed E-state index contributed by atoms with van der Waals surface area (Å²) in [7, 11) is 0. The highest BCUT2D eigenvalue weighted by molar-refractivity contribution is 5.89. The van der Waals surface area contributed by atoms with Gasteiger partial charge in [-0.2, -0.15) is 0 Å². The van der Waals surface area contributed by atoms with Crippen LogP contribution >= 0.6 is 0 Å². The Labute approximate surface area is 109 Å². The molecule has 1 rings (SSSR count). The van der Waals surface area contributed by atoms with Gasteiger partial charge in [0.05, 0.1) is 0 Å². The van der Waals surface area contributed by atoms with Crippen LogP contribution in [0, 0.1) is 5.92 Å². The smallest absolute Gasteiger partial charge is 0.319 e. The van der Waals surface area contributed by atoms with Crippen molar-refractivity contribution in [1.29, 1.82) is 0 Å². The van der Waals surface area contributed by atoms with E-state index < -0.39 is 0 Å². The van der Waals surface area contributed by atoms with Crippen LogP contribution in [0.15, 0.2) is 24.3 Å². The molecule has 0 spiro atoms. The quantitative estimate of drug-likeness (QED) is 0.751. The summed E-state index contributed by atoms with van der Waals surface area (Å²) in [5, 5.41) is 5.75. The number of hydrogen-bond donors (Lipinski definition) is 3. The second-order valence-corrected chi connectivity index (χ2v) is 4.67. The summed E-state index contributed by atoms with van der Waals surface area (Å²) in [6.07, 6.45) is 1.05. The molecule has 0 aliphatic carbocycles. The predicted octanol–water partition coefficient (Wildman–Crippen LogP) is 2.70. The molecule has 0 saturated heterocycles. The summed E-state index contributed by atoms with van der Waals surface area (Å²) in [6.45, 7) is 6.77. The molecule has 18 heavy (non-hydrogen) atoms. The average molecular weight is 249 g/mol. The summed E-state index contributed by atoms with van der Waals surface area (Å²) in [5.74, 6) is 0.468. The van der Waals surface area contributed by atoms with Crippen molar-refractivity contribution < 1.29 is 4.79 Å².